The highest BCUT2D eigenvalue weighted by atomic mass is 32.1. The Morgan fingerprint density at radius 1 is 1.23 bits per heavy atom. The normalized spacial score (nSPS) is 10.1. The molecular formula is C19H15N3O3S. The zero-order chi connectivity index (χ0) is 18.4. The zero-order valence-electron chi connectivity index (χ0n) is 13.7. The minimum atomic E-state index is -0.639. The Kier molecular flexibility index (Phi) is 5.46. The number of carbonyl (C=O) groups is 2. The fourth-order valence-corrected chi connectivity index (χ4v) is 2.92. The molecule has 3 rings (SSSR count). The number of nitrogens with one attached hydrogen (secondary N) is 1. The third-order valence-corrected chi connectivity index (χ3v) is 4.31. The molecule has 1 aromatic carbocycles. The molecule has 130 valence electrons. The van der Waals surface area contributed by atoms with E-state index in [9.17, 15) is 9.59 Å². The fraction of sp³-hybridized carbons (Fsp3) is 0.105. The van der Waals surface area contributed by atoms with Gasteiger partial charge < -0.3 is 10.1 Å². The Bertz CT molecular complexity index is 940. The summed E-state index contributed by atoms with van der Waals surface area (Å²) in [7, 11) is 0. The smallest absolute Gasteiger partial charge is 0.357 e. The van der Waals surface area contributed by atoms with Crippen molar-refractivity contribution >= 4 is 23.2 Å². The Balaban J connectivity index is 1.86. The highest BCUT2D eigenvalue weighted by Crippen LogP contribution is 2.26. The van der Waals surface area contributed by atoms with Crippen LogP contribution in [0.2, 0.25) is 0 Å². The molecule has 0 unspecified atom stereocenters. The molecule has 0 aliphatic rings. The van der Waals surface area contributed by atoms with Gasteiger partial charge in [0, 0.05) is 6.07 Å². The first kappa shape index (κ1) is 17.5. The van der Waals surface area contributed by atoms with Crippen LogP contribution in [0.15, 0.2) is 53.9 Å². The van der Waals surface area contributed by atoms with Gasteiger partial charge in [0.2, 0.25) is 0 Å². The van der Waals surface area contributed by atoms with Crippen molar-refractivity contribution in [3.8, 4) is 28.6 Å². The van der Waals surface area contributed by atoms with E-state index in [1.165, 1.54) is 16.0 Å². The first-order valence-corrected chi connectivity index (χ1v) is 8.63. The van der Waals surface area contributed by atoms with Crippen molar-refractivity contribution < 1.29 is 14.3 Å². The monoisotopic (exact) mass is 365 g/mol. The predicted molar refractivity (Wildman–Crippen MR) is 99.0 cm³/mol. The minimum absolute atomic E-state index is 0.0842. The first-order valence-electron chi connectivity index (χ1n) is 7.75. The number of nitrogens with zero attached hydrogens (tertiary/aromatic N) is 2. The Morgan fingerprint density at radius 2 is 2.04 bits per heavy atom. The molecule has 0 bridgehead atoms. The minimum Gasteiger partial charge on any atom is -0.451 e. The molecule has 7 heteroatoms. The van der Waals surface area contributed by atoms with Gasteiger partial charge in [-0.15, -0.1) is 17.8 Å². The predicted octanol–water partition coefficient (Wildman–Crippen LogP) is 2.51. The van der Waals surface area contributed by atoms with E-state index in [-0.39, 0.29) is 12.2 Å². The summed E-state index contributed by atoms with van der Waals surface area (Å²) in [6, 6.07) is 14.7. The molecule has 0 atom stereocenters. The van der Waals surface area contributed by atoms with Gasteiger partial charge in [-0.1, -0.05) is 30.2 Å². The standard InChI is InChI=1S/C19H15N3O3S/c1-2-10-20-18(23)13-25-19(24)16-12-15(17-9-6-11-26-17)21-22(16)14-7-4-3-5-8-14/h1,3-9,11-12H,10,13H2,(H,20,23). The Labute approximate surface area is 154 Å². The number of amides is 1. The van der Waals surface area contributed by atoms with E-state index in [1.807, 2.05) is 47.8 Å². The van der Waals surface area contributed by atoms with E-state index >= 15 is 0 Å². The van der Waals surface area contributed by atoms with Gasteiger partial charge in [-0.2, -0.15) is 5.10 Å². The highest BCUT2D eigenvalue weighted by molar-refractivity contribution is 7.13. The lowest BCUT2D eigenvalue weighted by Gasteiger charge is -2.07. The molecule has 0 radical (unpaired) electrons. The maximum atomic E-state index is 12.5. The topological polar surface area (TPSA) is 73.2 Å². The van der Waals surface area contributed by atoms with Gasteiger partial charge in [0.25, 0.3) is 5.91 Å². The number of thiophene rings is 1. The van der Waals surface area contributed by atoms with Crippen molar-refractivity contribution in [2.45, 2.75) is 0 Å². The summed E-state index contributed by atoms with van der Waals surface area (Å²) in [6.07, 6.45) is 5.07. The molecule has 0 aliphatic heterocycles. The molecule has 0 aliphatic carbocycles. The molecule has 6 nitrogen and oxygen atoms in total. The van der Waals surface area contributed by atoms with E-state index < -0.39 is 18.5 Å². The largest absolute Gasteiger partial charge is 0.451 e. The van der Waals surface area contributed by atoms with Crippen LogP contribution in [0.1, 0.15) is 10.5 Å². The van der Waals surface area contributed by atoms with Gasteiger partial charge in [-0.3, -0.25) is 4.79 Å². The molecule has 0 spiro atoms. The van der Waals surface area contributed by atoms with Gasteiger partial charge >= 0.3 is 5.97 Å². The number of hydrogen-bond donors (Lipinski definition) is 1. The highest BCUT2D eigenvalue weighted by Gasteiger charge is 2.20. The van der Waals surface area contributed by atoms with Crippen LogP contribution in [0.25, 0.3) is 16.3 Å². The van der Waals surface area contributed by atoms with Crippen molar-refractivity contribution in [2.75, 3.05) is 13.2 Å². The molecule has 3 aromatic rings. The van der Waals surface area contributed by atoms with E-state index in [0.717, 1.165) is 10.6 Å². The molecule has 1 amide bonds. The van der Waals surface area contributed by atoms with Gasteiger partial charge in [-0.05, 0) is 23.6 Å². The van der Waals surface area contributed by atoms with Crippen LogP contribution in [0.5, 0.6) is 0 Å². The molecular weight excluding hydrogens is 350 g/mol. The van der Waals surface area contributed by atoms with Crippen LogP contribution >= 0.6 is 11.3 Å². The van der Waals surface area contributed by atoms with Crippen LogP contribution in [-0.4, -0.2) is 34.8 Å². The summed E-state index contributed by atoms with van der Waals surface area (Å²) in [5.74, 6) is 1.19. The molecule has 26 heavy (non-hydrogen) atoms. The summed E-state index contributed by atoms with van der Waals surface area (Å²) < 4.78 is 6.61. The van der Waals surface area contributed by atoms with Crippen molar-refractivity contribution in [3.05, 3.63) is 59.6 Å². The van der Waals surface area contributed by atoms with Gasteiger partial charge in [0.15, 0.2) is 12.3 Å². The second-order valence-corrected chi connectivity index (χ2v) is 6.14. The summed E-state index contributed by atoms with van der Waals surface area (Å²) in [5, 5.41) is 8.90. The lowest BCUT2D eigenvalue weighted by Crippen LogP contribution is -2.29. The fourth-order valence-electron chi connectivity index (χ4n) is 2.24. The summed E-state index contributed by atoms with van der Waals surface area (Å²) in [5.41, 5.74) is 1.62. The van der Waals surface area contributed by atoms with Crippen molar-refractivity contribution in [3.63, 3.8) is 0 Å². The third kappa shape index (κ3) is 3.99. The molecule has 1 N–H and O–H groups in total. The van der Waals surface area contributed by atoms with E-state index in [1.54, 1.807) is 6.07 Å². The van der Waals surface area contributed by atoms with Gasteiger partial charge in [-0.25, -0.2) is 9.48 Å². The quantitative estimate of drug-likeness (QED) is 0.538. The average molecular weight is 365 g/mol. The van der Waals surface area contributed by atoms with Gasteiger partial charge in [0.1, 0.15) is 5.69 Å². The van der Waals surface area contributed by atoms with E-state index in [2.05, 4.69) is 16.3 Å². The van der Waals surface area contributed by atoms with E-state index in [4.69, 9.17) is 11.2 Å². The summed E-state index contributed by atoms with van der Waals surface area (Å²) in [6.45, 7) is -0.324. The Morgan fingerprint density at radius 3 is 2.73 bits per heavy atom. The lowest BCUT2D eigenvalue weighted by molar-refractivity contribution is -0.123. The maximum Gasteiger partial charge on any atom is 0.357 e. The van der Waals surface area contributed by atoms with Crippen LogP contribution in [0.3, 0.4) is 0 Å². The number of ether oxygens (including phenoxy) is 1. The number of aromatic nitrogens is 2. The van der Waals surface area contributed by atoms with E-state index in [0.29, 0.717) is 5.69 Å². The van der Waals surface area contributed by atoms with Crippen LogP contribution < -0.4 is 5.32 Å². The van der Waals surface area contributed by atoms with Crippen molar-refractivity contribution in [2.24, 2.45) is 0 Å². The maximum absolute atomic E-state index is 12.5. The van der Waals surface area contributed by atoms with Gasteiger partial charge in [0.05, 0.1) is 17.1 Å². The zero-order valence-corrected chi connectivity index (χ0v) is 14.5. The molecule has 0 fully saturated rings. The number of esters is 1. The van der Waals surface area contributed by atoms with Crippen molar-refractivity contribution in [1.29, 1.82) is 0 Å². The number of para-hydroxylation sites is 1. The number of rotatable bonds is 6. The second-order valence-electron chi connectivity index (χ2n) is 5.20. The molecule has 2 aromatic heterocycles. The van der Waals surface area contributed by atoms with Crippen LogP contribution in [0, 0.1) is 12.3 Å². The second kappa shape index (κ2) is 8.14. The Hall–Kier alpha value is -3.37. The number of hydrogen-bond acceptors (Lipinski definition) is 5. The number of carbonyl (C=O) groups excluding carboxylic acids is 2. The summed E-state index contributed by atoms with van der Waals surface area (Å²) in [4.78, 5) is 25.0. The SMILES string of the molecule is C#CCNC(=O)COC(=O)c1cc(-c2cccs2)nn1-c1ccccc1. The first-order chi connectivity index (χ1) is 12.7. The molecule has 2 heterocycles. The number of terminal acetylenes is 1. The average Bonchev–Trinajstić information content (AvgIpc) is 3.34. The molecule has 0 saturated heterocycles. The van der Waals surface area contributed by atoms with Crippen LogP contribution in [-0.2, 0) is 9.53 Å². The lowest BCUT2D eigenvalue weighted by atomic mass is 10.3. The number of benzene rings is 1. The van der Waals surface area contributed by atoms with Crippen molar-refractivity contribution in [1.82, 2.24) is 15.1 Å². The third-order valence-electron chi connectivity index (χ3n) is 3.41. The summed E-state index contributed by atoms with van der Waals surface area (Å²) >= 11 is 1.52. The molecule has 0 saturated carbocycles. The van der Waals surface area contributed by atoms with Crippen LogP contribution in [0.4, 0.5) is 0 Å².